The van der Waals surface area contributed by atoms with Crippen LogP contribution in [0, 0.1) is 6.92 Å². The van der Waals surface area contributed by atoms with Crippen LogP contribution in [-0.2, 0) is 11.3 Å². The lowest BCUT2D eigenvalue weighted by molar-refractivity contribution is 0.107. The molecule has 1 fully saturated rings. The molecule has 0 N–H and O–H groups in total. The number of likely N-dealkylation sites (tertiary alicyclic amines) is 1. The van der Waals surface area contributed by atoms with E-state index < -0.39 is 0 Å². The number of hydrogen-bond acceptors (Lipinski definition) is 7. The van der Waals surface area contributed by atoms with Gasteiger partial charge in [0.25, 0.3) is 0 Å². The molecular weight excluding hydrogens is 284 g/mol. The zero-order chi connectivity index (χ0) is 15.7. The molecule has 7 heteroatoms. The molecule has 0 saturated carbocycles. The van der Waals surface area contributed by atoms with Gasteiger partial charge in [0.1, 0.15) is 5.76 Å². The third kappa shape index (κ3) is 2.91. The lowest BCUT2D eigenvalue weighted by Gasteiger charge is -2.20. The van der Waals surface area contributed by atoms with E-state index in [1.54, 1.807) is 7.11 Å². The summed E-state index contributed by atoms with van der Waals surface area (Å²) in [6.07, 6.45) is 2.51. The predicted octanol–water partition coefficient (Wildman–Crippen LogP) is 2.45. The minimum absolute atomic E-state index is 0.0582. The second-order valence-corrected chi connectivity index (χ2v) is 6.04. The third-order valence-electron chi connectivity index (χ3n) is 4.08. The molecule has 2 aromatic rings. The molecule has 1 saturated heterocycles. The van der Waals surface area contributed by atoms with Gasteiger partial charge in [0.05, 0.1) is 17.8 Å². The molecule has 0 spiro atoms. The number of aromatic nitrogens is 3. The highest BCUT2D eigenvalue weighted by Gasteiger charge is 2.37. The van der Waals surface area contributed by atoms with Gasteiger partial charge < -0.3 is 13.7 Å². The van der Waals surface area contributed by atoms with Crippen LogP contribution in [0.15, 0.2) is 15.3 Å². The van der Waals surface area contributed by atoms with Crippen molar-refractivity contribution in [3.05, 3.63) is 29.6 Å². The fraction of sp³-hybridized carbons (Fsp3) is 0.667. The van der Waals surface area contributed by atoms with Crippen LogP contribution in [0.25, 0.3) is 0 Å². The molecule has 0 unspecified atom stereocenters. The van der Waals surface area contributed by atoms with Gasteiger partial charge >= 0.3 is 0 Å². The van der Waals surface area contributed by atoms with Crippen molar-refractivity contribution in [2.24, 2.45) is 0 Å². The van der Waals surface area contributed by atoms with Gasteiger partial charge in [-0.25, -0.2) is 4.98 Å². The van der Waals surface area contributed by atoms with Gasteiger partial charge in [0.2, 0.25) is 5.89 Å². The summed E-state index contributed by atoms with van der Waals surface area (Å²) in [5.41, 5.74) is 0.966. The molecule has 7 nitrogen and oxygen atoms in total. The summed E-state index contributed by atoms with van der Waals surface area (Å²) in [5, 5.41) is 3.90. The van der Waals surface area contributed by atoms with Gasteiger partial charge in [-0.1, -0.05) is 19.0 Å². The predicted molar refractivity (Wildman–Crippen MR) is 78.2 cm³/mol. The van der Waals surface area contributed by atoms with Crippen molar-refractivity contribution in [1.82, 2.24) is 20.0 Å². The lowest BCUT2D eigenvalue weighted by atomic mass is 10.1. The fourth-order valence-electron chi connectivity index (χ4n) is 2.97. The quantitative estimate of drug-likeness (QED) is 0.839. The number of rotatable bonds is 5. The molecular formula is C15H22N4O3. The van der Waals surface area contributed by atoms with E-state index in [9.17, 15) is 0 Å². The number of oxazole rings is 1. The first-order valence-electron chi connectivity index (χ1n) is 7.57. The monoisotopic (exact) mass is 306 g/mol. The molecule has 0 radical (unpaired) electrons. The average Bonchev–Trinajstić information content (AvgIpc) is 3.18. The van der Waals surface area contributed by atoms with Crippen LogP contribution in [0.5, 0.6) is 0 Å². The van der Waals surface area contributed by atoms with Crippen molar-refractivity contribution in [3.63, 3.8) is 0 Å². The van der Waals surface area contributed by atoms with Gasteiger partial charge in [-0.2, -0.15) is 4.98 Å². The first-order chi connectivity index (χ1) is 10.6. The first kappa shape index (κ1) is 15.2. The van der Waals surface area contributed by atoms with Gasteiger partial charge in [-0.05, 0) is 13.3 Å². The van der Waals surface area contributed by atoms with Gasteiger partial charge in [-0.3, -0.25) is 4.90 Å². The van der Waals surface area contributed by atoms with Gasteiger partial charge in [-0.15, -0.1) is 0 Å². The summed E-state index contributed by atoms with van der Waals surface area (Å²) >= 11 is 0. The highest BCUT2D eigenvalue weighted by atomic mass is 16.5. The molecule has 0 amide bonds. The molecule has 1 aliphatic heterocycles. The number of ether oxygens (including phenoxy) is 1. The molecule has 2 atom stereocenters. The molecule has 2 aromatic heterocycles. The SMILES string of the molecule is CO[C@@H]1C[C@H](c2nc(C)no2)N(Cc2ncoc2C(C)C)C1. The Balaban J connectivity index is 1.81. The molecule has 3 rings (SSSR count). The largest absolute Gasteiger partial charge is 0.448 e. The van der Waals surface area contributed by atoms with Crippen molar-refractivity contribution < 1.29 is 13.7 Å². The fourth-order valence-corrected chi connectivity index (χ4v) is 2.97. The maximum Gasteiger partial charge on any atom is 0.244 e. The van der Waals surface area contributed by atoms with Crippen LogP contribution in [-0.4, -0.2) is 39.8 Å². The second kappa shape index (κ2) is 6.18. The highest BCUT2D eigenvalue weighted by Crippen LogP contribution is 2.34. The smallest absolute Gasteiger partial charge is 0.244 e. The Morgan fingerprint density at radius 2 is 2.27 bits per heavy atom. The summed E-state index contributed by atoms with van der Waals surface area (Å²) in [6.45, 7) is 7.53. The molecule has 22 heavy (non-hydrogen) atoms. The maximum absolute atomic E-state index is 5.52. The minimum atomic E-state index is 0.0582. The third-order valence-corrected chi connectivity index (χ3v) is 4.08. The number of hydrogen-bond donors (Lipinski definition) is 0. The van der Waals surface area contributed by atoms with Gasteiger partial charge in [0.15, 0.2) is 12.2 Å². The first-order valence-corrected chi connectivity index (χ1v) is 7.57. The van der Waals surface area contributed by atoms with Crippen molar-refractivity contribution in [2.45, 2.75) is 51.8 Å². The number of aryl methyl sites for hydroxylation is 1. The Bertz CT molecular complexity index is 622. The zero-order valence-corrected chi connectivity index (χ0v) is 13.4. The van der Waals surface area contributed by atoms with Gasteiger partial charge in [0, 0.05) is 26.1 Å². The Morgan fingerprint density at radius 1 is 1.45 bits per heavy atom. The molecule has 0 bridgehead atoms. The summed E-state index contributed by atoms with van der Waals surface area (Å²) < 4.78 is 16.4. The van der Waals surface area contributed by atoms with Crippen LogP contribution in [0.1, 0.15) is 55.4 Å². The van der Waals surface area contributed by atoms with E-state index in [1.165, 1.54) is 6.39 Å². The number of methoxy groups -OCH3 is 1. The molecule has 1 aliphatic rings. The van der Waals surface area contributed by atoms with Crippen molar-refractivity contribution in [2.75, 3.05) is 13.7 Å². The van der Waals surface area contributed by atoms with E-state index in [4.69, 9.17) is 13.7 Å². The van der Waals surface area contributed by atoms with E-state index >= 15 is 0 Å². The van der Waals surface area contributed by atoms with E-state index in [2.05, 4.69) is 33.9 Å². The summed E-state index contributed by atoms with van der Waals surface area (Å²) in [4.78, 5) is 11.0. The summed E-state index contributed by atoms with van der Waals surface area (Å²) in [5.74, 6) is 2.54. The second-order valence-electron chi connectivity index (χ2n) is 6.04. The van der Waals surface area contributed by atoms with E-state index in [-0.39, 0.29) is 12.1 Å². The lowest BCUT2D eigenvalue weighted by Crippen LogP contribution is -2.25. The molecule has 120 valence electrons. The average molecular weight is 306 g/mol. The van der Waals surface area contributed by atoms with E-state index in [0.29, 0.717) is 24.2 Å². The van der Waals surface area contributed by atoms with Crippen molar-refractivity contribution >= 4 is 0 Å². The van der Waals surface area contributed by atoms with Crippen LogP contribution >= 0.6 is 0 Å². The molecule has 3 heterocycles. The minimum Gasteiger partial charge on any atom is -0.448 e. The standard InChI is InChI=1S/C15H22N4O3/c1-9(2)14-12(16-8-21-14)7-19-6-11(20-4)5-13(19)15-17-10(3)18-22-15/h8-9,11,13H,5-7H2,1-4H3/t11-,13-/m1/s1. The van der Waals surface area contributed by atoms with Crippen molar-refractivity contribution in [3.8, 4) is 0 Å². The molecule has 0 aliphatic carbocycles. The highest BCUT2D eigenvalue weighted by molar-refractivity contribution is 5.12. The summed E-state index contributed by atoms with van der Waals surface area (Å²) in [6, 6.07) is 0.0582. The molecule has 0 aromatic carbocycles. The number of nitrogens with zero attached hydrogens (tertiary/aromatic N) is 4. The maximum atomic E-state index is 5.52. The Kier molecular flexibility index (Phi) is 4.26. The van der Waals surface area contributed by atoms with E-state index in [0.717, 1.165) is 24.4 Å². The van der Waals surface area contributed by atoms with Crippen LogP contribution in [0.4, 0.5) is 0 Å². The van der Waals surface area contributed by atoms with E-state index in [1.807, 2.05) is 6.92 Å². The van der Waals surface area contributed by atoms with Crippen molar-refractivity contribution in [1.29, 1.82) is 0 Å². The van der Waals surface area contributed by atoms with Crippen LogP contribution < -0.4 is 0 Å². The van der Waals surface area contributed by atoms with Crippen LogP contribution in [0.3, 0.4) is 0 Å². The Labute approximate surface area is 129 Å². The zero-order valence-electron chi connectivity index (χ0n) is 13.4. The summed E-state index contributed by atoms with van der Waals surface area (Å²) in [7, 11) is 1.74. The van der Waals surface area contributed by atoms with Crippen LogP contribution in [0.2, 0.25) is 0 Å². The topological polar surface area (TPSA) is 77.4 Å². The Morgan fingerprint density at radius 3 is 2.91 bits per heavy atom. The normalized spacial score (nSPS) is 22.8. The Hall–Kier alpha value is -1.73.